The maximum Gasteiger partial charge on any atom is 0.271 e. The van der Waals surface area contributed by atoms with Crippen LogP contribution in [0.1, 0.15) is 20.3 Å². The monoisotopic (exact) mass is 421 g/mol. The summed E-state index contributed by atoms with van der Waals surface area (Å²) < 4.78 is 31.4. The highest BCUT2D eigenvalue weighted by atomic mass is 32.2. The molecule has 0 aromatic heterocycles. The van der Waals surface area contributed by atoms with Crippen LogP contribution < -0.4 is 14.4 Å². The normalized spacial score (nSPS) is 12.1. The largest absolute Gasteiger partial charge is 0.492 e. The Hall–Kier alpha value is -3.14. The van der Waals surface area contributed by atoms with Gasteiger partial charge >= 0.3 is 0 Å². The van der Waals surface area contributed by atoms with Gasteiger partial charge in [0.05, 0.1) is 29.2 Å². The molecule has 0 fully saturated rings. The molecule has 1 N–H and O–H groups in total. The second-order valence-corrected chi connectivity index (χ2v) is 8.04. The van der Waals surface area contributed by atoms with E-state index in [0.717, 1.165) is 16.6 Å². The number of sulfonamides is 1. The number of nitro benzene ring substituents is 1. The van der Waals surface area contributed by atoms with E-state index in [1.807, 2.05) is 0 Å². The first-order chi connectivity index (χ1) is 13.7. The van der Waals surface area contributed by atoms with Crippen molar-refractivity contribution in [1.82, 2.24) is 0 Å². The molecule has 0 aliphatic carbocycles. The van der Waals surface area contributed by atoms with E-state index < -0.39 is 26.9 Å². The molecule has 0 heterocycles. The van der Waals surface area contributed by atoms with Gasteiger partial charge < -0.3 is 10.1 Å². The molecular weight excluding hydrogens is 398 g/mol. The molecule has 0 bridgehead atoms. The van der Waals surface area contributed by atoms with Gasteiger partial charge in [0.2, 0.25) is 15.9 Å². The molecule has 2 aromatic carbocycles. The minimum Gasteiger partial charge on any atom is -0.492 e. The lowest BCUT2D eigenvalue weighted by atomic mass is 10.1. The molecule has 29 heavy (non-hydrogen) atoms. The molecule has 0 spiro atoms. The van der Waals surface area contributed by atoms with E-state index in [0.29, 0.717) is 18.0 Å². The highest BCUT2D eigenvalue weighted by Gasteiger charge is 2.32. The van der Waals surface area contributed by atoms with Gasteiger partial charge in [-0.3, -0.25) is 19.2 Å². The first kappa shape index (κ1) is 22.2. The number of carbonyl (C=O) groups is 1. The standard InChI is InChI=1S/C19H23N3O6S/c1-4-17(19(23)20-16-11-6-7-12-18(16)28-5-2)21(29(3,26)27)14-9-8-10-15(13-14)22(24)25/h6-13,17H,4-5H2,1-3H3,(H,20,23)/t17-/m0/s1. The number of anilines is 2. The number of ether oxygens (including phenoxy) is 1. The third-order valence-corrected chi connectivity index (χ3v) is 5.25. The Bertz CT molecular complexity index is 993. The zero-order valence-electron chi connectivity index (χ0n) is 16.4. The van der Waals surface area contributed by atoms with E-state index in [2.05, 4.69) is 5.32 Å². The zero-order chi connectivity index (χ0) is 21.6. The minimum atomic E-state index is -3.91. The van der Waals surface area contributed by atoms with Gasteiger partial charge in [0, 0.05) is 12.1 Å². The molecule has 0 saturated heterocycles. The van der Waals surface area contributed by atoms with Gasteiger partial charge in [-0.2, -0.15) is 0 Å². The van der Waals surface area contributed by atoms with Gasteiger partial charge in [-0.15, -0.1) is 0 Å². The summed E-state index contributed by atoms with van der Waals surface area (Å²) in [5, 5.41) is 13.8. The smallest absolute Gasteiger partial charge is 0.271 e. The van der Waals surface area contributed by atoms with Crippen molar-refractivity contribution in [3.63, 3.8) is 0 Å². The lowest BCUT2D eigenvalue weighted by molar-refractivity contribution is -0.384. The van der Waals surface area contributed by atoms with Gasteiger partial charge in [-0.25, -0.2) is 8.42 Å². The molecule has 0 saturated carbocycles. The Kier molecular flexibility index (Phi) is 7.16. The van der Waals surface area contributed by atoms with Crippen molar-refractivity contribution >= 4 is 33.0 Å². The molecule has 2 aromatic rings. The average molecular weight is 421 g/mol. The predicted octanol–water partition coefficient (Wildman–Crippen LogP) is 3.18. The Morgan fingerprint density at radius 2 is 1.90 bits per heavy atom. The fourth-order valence-corrected chi connectivity index (χ4v) is 4.07. The Labute approximate surface area is 169 Å². The maximum atomic E-state index is 13.0. The molecule has 0 unspecified atom stereocenters. The van der Waals surface area contributed by atoms with Gasteiger partial charge in [0.1, 0.15) is 11.8 Å². The molecule has 0 aliphatic heterocycles. The topological polar surface area (TPSA) is 119 Å². The number of para-hydroxylation sites is 2. The Morgan fingerprint density at radius 3 is 2.48 bits per heavy atom. The van der Waals surface area contributed by atoms with Gasteiger partial charge in [-0.05, 0) is 31.5 Å². The van der Waals surface area contributed by atoms with E-state index >= 15 is 0 Å². The SMILES string of the molecule is CCOc1ccccc1NC(=O)[C@H](CC)N(c1cccc([N+](=O)[O-])c1)S(C)(=O)=O. The number of hydrogen-bond acceptors (Lipinski definition) is 6. The Balaban J connectivity index is 2.43. The summed E-state index contributed by atoms with van der Waals surface area (Å²) in [5.74, 6) is -0.115. The van der Waals surface area contributed by atoms with Gasteiger partial charge in [-0.1, -0.05) is 25.1 Å². The molecular formula is C19H23N3O6S. The molecule has 1 atom stereocenters. The van der Waals surface area contributed by atoms with Crippen molar-refractivity contribution < 1.29 is 22.9 Å². The summed E-state index contributed by atoms with van der Waals surface area (Å²) in [6.07, 6.45) is 1.11. The molecule has 0 aliphatic rings. The minimum absolute atomic E-state index is 0.0433. The van der Waals surface area contributed by atoms with Crippen molar-refractivity contribution in [3.05, 3.63) is 58.6 Å². The summed E-state index contributed by atoms with van der Waals surface area (Å²) in [6, 6.07) is 10.9. The lowest BCUT2D eigenvalue weighted by Gasteiger charge is -2.30. The van der Waals surface area contributed by atoms with Gasteiger partial charge in [0.15, 0.2) is 0 Å². The first-order valence-corrected chi connectivity index (χ1v) is 10.8. The van der Waals surface area contributed by atoms with Crippen LogP contribution in [0.4, 0.5) is 17.1 Å². The van der Waals surface area contributed by atoms with E-state index in [1.165, 1.54) is 18.2 Å². The number of amides is 1. The fraction of sp³-hybridized carbons (Fsp3) is 0.316. The number of nitrogens with zero attached hydrogens (tertiary/aromatic N) is 2. The molecule has 156 valence electrons. The van der Waals surface area contributed by atoms with E-state index in [-0.39, 0.29) is 17.8 Å². The summed E-state index contributed by atoms with van der Waals surface area (Å²) in [6.45, 7) is 3.86. The lowest BCUT2D eigenvalue weighted by Crippen LogP contribution is -2.47. The van der Waals surface area contributed by atoms with E-state index in [1.54, 1.807) is 38.1 Å². The average Bonchev–Trinajstić information content (AvgIpc) is 2.66. The van der Waals surface area contributed by atoms with Crippen LogP contribution in [0.15, 0.2) is 48.5 Å². The van der Waals surface area contributed by atoms with Crippen LogP contribution in [0.2, 0.25) is 0 Å². The maximum absolute atomic E-state index is 13.0. The highest BCUT2D eigenvalue weighted by molar-refractivity contribution is 7.92. The Morgan fingerprint density at radius 1 is 1.21 bits per heavy atom. The molecule has 2 rings (SSSR count). The summed E-state index contributed by atoms with van der Waals surface area (Å²) in [5.41, 5.74) is 0.181. The van der Waals surface area contributed by atoms with E-state index in [9.17, 15) is 23.3 Å². The molecule has 9 nitrogen and oxygen atoms in total. The van der Waals surface area contributed by atoms with E-state index in [4.69, 9.17) is 4.74 Å². The van der Waals surface area contributed by atoms with Crippen LogP contribution in [-0.2, 0) is 14.8 Å². The van der Waals surface area contributed by atoms with Crippen molar-refractivity contribution in [1.29, 1.82) is 0 Å². The molecule has 0 radical (unpaired) electrons. The predicted molar refractivity (Wildman–Crippen MR) is 111 cm³/mol. The van der Waals surface area contributed by atoms with Gasteiger partial charge in [0.25, 0.3) is 5.69 Å². The van der Waals surface area contributed by atoms with Crippen LogP contribution in [0.3, 0.4) is 0 Å². The summed E-state index contributed by atoms with van der Waals surface area (Å²) in [7, 11) is -3.91. The summed E-state index contributed by atoms with van der Waals surface area (Å²) >= 11 is 0. The van der Waals surface area contributed by atoms with Crippen LogP contribution >= 0.6 is 0 Å². The molecule has 1 amide bonds. The first-order valence-electron chi connectivity index (χ1n) is 8.95. The number of carbonyl (C=O) groups excluding carboxylic acids is 1. The van der Waals surface area contributed by atoms with Crippen LogP contribution in [-0.4, -0.2) is 38.2 Å². The third-order valence-electron chi connectivity index (χ3n) is 4.07. The zero-order valence-corrected chi connectivity index (χ0v) is 17.2. The second-order valence-electron chi connectivity index (χ2n) is 6.18. The van der Waals surface area contributed by atoms with Crippen molar-refractivity contribution in [2.45, 2.75) is 26.3 Å². The fourth-order valence-electron chi connectivity index (χ4n) is 2.87. The third kappa shape index (κ3) is 5.44. The second kappa shape index (κ2) is 9.37. The van der Waals surface area contributed by atoms with Crippen molar-refractivity contribution in [2.24, 2.45) is 0 Å². The van der Waals surface area contributed by atoms with Crippen LogP contribution in [0.5, 0.6) is 5.75 Å². The number of benzene rings is 2. The van der Waals surface area contributed by atoms with Crippen LogP contribution in [0, 0.1) is 10.1 Å². The van der Waals surface area contributed by atoms with Crippen molar-refractivity contribution in [3.8, 4) is 5.75 Å². The number of rotatable bonds is 9. The van der Waals surface area contributed by atoms with Crippen molar-refractivity contribution in [2.75, 3.05) is 22.5 Å². The number of nitro groups is 1. The molecule has 10 heteroatoms. The highest BCUT2D eigenvalue weighted by Crippen LogP contribution is 2.28. The number of hydrogen-bond donors (Lipinski definition) is 1. The quantitative estimate of drug-likeness (QED) is 0.491. The number of non-ortho nitro benzene ring substituents is 1. The summed E-state index contributed by atoms with van der Waals surface area (Å²) in [4.78, 5) is 23.4. The van der Waals surface area contributed by atoms with Crippen LogP contribution in [0.25, 0.3) is 0 Å². The number of nitrogens with one attached hydrogen (secondary N) is 1.